The zero-order valence-electron chi connectivity index (χ0n) is 17.3. The van der Waals surface area contributed by atoms with Gasteiger partial charge in [-0.2, -0.15) is 0 Å². The van der Waals surface area contributed by atoms with Gasteiger partial charge in [0.05, 0.1) is 13.2 Å². The van der Waals surface area contributed by atoms with Crippen LogP contribution in [0, 0.1) is 6.92 Å². The minimum atomic E-state index is 0.111. The van der Waals surface area contributed by atoms with Gasteiger partial charge in [0.1, 0.15) is 17.5 Å². The summed E-state index contributed by atoms with van der Waals surface area (Å²) >= 11 is 0. The van der Waals surface area contributed by atoms with Crippen molar-refractivity contribution in [2.75, 3.05) is 62.3 Å². The van der Waals surface area contributed by atoms with E-state index in [4.69, 9.17) is 4.74 Å². The molecule has 0 unspecified atom stereocenters. The number of hydrogen-bond donors (Lipinski definition) is 0. The molecule has 4 rings (SSSR count). The van der Waals surface area contributed by atoms with Crippen LogP contribution in [0.1, 0.15) is 28.7 Å². The number of benzene rings is 1. The lowest BCUT2D eigenvalue weighted by atomic mass is 10.1. The fourth-order valence-electron chi connectivity index (χ4n) is 3.86. The number of carbonyl (C=O) groups excluding carboxylic acids is 1. The number of ether oxygens (including phenoxy) is 1. The molecular weight excluding hydrogens is 366 g/mol. The van der Waals surface area contributed by atoms with E-state index in [2.05, 4.69) is 32.8 Å². The molecule has 7 heteroatoms. The highest BCUT2D eigenvalue weighted by atomic mass is 16.5. The van der Waals surface area contributed by atoms with Crippen LogP contribution >= 0.6 is 0 Å². The molecule has 2 aliphatic heterocycles. The van der Waals surface area contributed by atoms with Crippen molar-refractivity contribution in [1.29, 1.82) is 0 Å². The number of rotatable bonds is 4. The summed E-state index contributed by atoms with van der Waals surface area (Å²) in [5, 5.41) is 0. The number of nitrogens with zero attached hydrogens (tertiary/aromatic N) is 5. The summed E-state index contributed by atoms with van der Waals surface area (Å²) in [7, 11) is 0. The van der Waals surface area contributed by atoms with Gasteiger partial charge < -0.3 is 19.4 Å². The zero-order valence-corrected chi connectivity index (χ0v) is 17.3. The maximum atomic E-state index is 12.8. The Morgan fingerprint density at radius 1 is 0.931 bits per heavy atom. The van der Waals surface area contributed by atoms with E-state index in [1.165, 1.54) is 5.56 Å². The summed E-state index contributed by atoms with van der Waals surface area (Å²) in [5.74, 6) is 2.79. The lowest BCUT2D eigenvalue weighted by Gasteiger charge is -2.36. The first-order chi connectivity index (χ1) is 14.1. The molecule has 29 heavy (non-hydrogen) atoms. The Hall–Kier alpha value is -2.67. The molecule has 7 nitrogen and oxygen atoms in total. The highest BCUT2D eigenvalue weighted by Gasteiger charge is 2.24. The quantitative estimate of drug-likeness (QED) is 0.791. The molecule has 1 aromatic carbocycles. The lowest BCUT2D eigenvalue weighted by molar-refractivity contribution is 0.0746. The third kappa shape index (κ3) is 4.50. The first-order valence-corrected chi connectivity index (χ1v) is 10.5. The number of amides is 1. The van der Waals surface area contributed by atoms with Gasteiger partial charge in [0.25, 0.3) is 5.91 Å². The fraction of sp³-hybridized carbons (Fsp3) is 0.500. The standard InChI is InChI=1S/C22H29N5O2/c1-3-18-4-6-19(7-5-18)22(28)27-10-8-25(9-11-27)20-16-21(24-17(2)23-20)26-12-14-29-15-13-26/h4-7,16H,3,8-15H2,1-2H3. The molecule has 0 saturated carbocycles. The fourth-order valence-corrected chi connectivity index (χ4v) is 3.86. The van der Waals surface area contributed by atoms with Gasteiger partial charge in [0.2, 0.25) is 0 Å². The normalized spacial score (nSPS) is 17.5. The average Bonchev–Trinajstić information content (AvgIpc) is 2.79. The molecule has 2 aromatic rings. The van der Waals surface area contributed by atoms with Crippen LogP contribution in [-0.4, -0.2) is 73.3 Å². The molecule has 0 bridgehead atoms. The van der Waals surface area contributed by atoms with Gasteiger partial charge in [-0.05, 0) is 31.0 Å². The number of hydrogen-bond acceptors (Lipinski definition) is 6. The number of carbonyl (C=O) groups is 1. The van der Waals surface area contributed by atoms with Crippen LogP contribution in [0.2, 0.25) is 0 Å². The van der Waals surface area contributed by atoms with E-state index in [1.54, 1.807) is 0 Å². The van der Waals surface area contributed by atoms with Gasteiger partial charge in [-0.25, -0.2) is 9.97 Å². The van der Waals surface area contributed by atoms with Crippen LogP contribution in [0.5, 0.6) is 0 Å². The van der Waals surface area contributed by atoms with Gasteiger partial charge in [-0.3, -0.25) is 4.79 Å². The Balaban J connectivity index is 1.41. The van der Waals surface area contributed by atoms with E-state index in [0.29, 0.717) is 13.1 Å². The van der Waals surface area contributed by atoms with Crippen molar-refractivity contribution in [2.45, 2.75) is 20.3 Å². The third-order valence-corrected chi connectivity index (χ3v) is 5.65. The molecule has 0 atom stereocenters. The Bertz CT molecular complexity index is 841. The topological polar surface area (TPSA) is 61.8 Å². The molecule has 0 aliphatic carbocycles. The van der Waals surface area contributed by atoms with Crippen molar-refractivity contribution in [2.24, 2.45) is 0 Å². The second-order valence-corrected chi connectivity index (χ2v) is 7.56. The van der Waals surface area contributed by atoms with Gasteiger partial charge in [-0.15, -0.1) is 0 Å². The molecule has 2 aliphatic rings. The molecule has 1 aromatic heterocycles. The van der Waals surface area contributed by atoms with Gasteiger partial charge in [-0.1, -0.05) is 19.1 Å². The molecule has 0 radical (unpaired) electrons. The lowest BCUT2D eigenvalue weighted by Crippen LogP contribution is -2.49. The van der Waals surface area contributed by atoms with E-state index in [9.17, 15) is 4.79 Å². The summed E-state index contributed by atoms with van der Waals surface area (Å²) in [6, 6.07) is 10.0. The molecule has 154 valence electrons. The smallest absolute Gasteiger partial charge is 0.253 e. The van der Waals surface area contributed by atoms with Crippen molar-refractivity contribution in [3.05, 3.63) is 47.3 Å². The molecular formula is C22H29N5O2. The van der Waals surface area contributed by atoms with Gasteiger partial charge >= 0.3 is 0 Å². The van der Waals surface area contributed by atoms with Crippen LogP contribution in [0.25, 0.3) is 0 Å². The monoisotopic (exact) mass is 395 g/mol. The number of morpholine rings is 1. The van der Waals surface area contributed by atoms with Crippen molar-refractivity contribution < 1.29 is 9.53 Å². The predicted molar refractivity (Wildman–Crippen MR) is 114 cm³/mol. The highest BCUT2D eigenvalue weighted by molar-refractivity contribution is 5.94. The minimum absolute atomic E-state index is 0.111. The minimum Gasteiger partial charge on any atom is -0.378 e. The predicted octanol–water partition coefficient (Wildman–Crippen LogP) is 2.15. The summed E-state index contributed by atoms with van der Waals surface area (Å²) in [4.78, 5) is 28.5. The number of piperazine rings is 1. The molecule has 0 N–H and O–H groups in total. The largest absolute Gasteiger partial charge is 0.378 e. The molecule has 0 spiro atoms. The van der Waals surface area contributed by atoms with Crippen LogP contribution < -0.4 is 9.80 Å². The third-order valence-electron chi connectivity index (χ3n) is 5.65. The number of aromatic nitrogens is 2. The van der Waals surface area contributed by atoms with Crippen LogP contribution in [-0.2, 0) is 11.2 Å². The van der Waals surface area contributed by atoms with Crippen LogP contribution in [0.15, 0.2) is 30.3 Å². The number of anilines is 2. The molecule has 2 fully saturated rings. The highest BCUT2D eigenvalue weighted by Crippen LogP contribution is 2.22. The summed E-state index contributed by atoms with van der Waals surface area (Å²) in [6.45, 7) is 10.2. The van der Waals surface area contributed by atoms with E-state index in [-0.39, 0.29) is 5.91 Å². The van der Waals surface area contributed by atoms with Crippen molar-refractivity contribution in [3.63, 3.8) is 0 Å². The summed E-state index contributed by atoms with van der Waals surface area (Å²) in [6.07, 6.45) is 0.984. The maximum Gasteiger partial charge on any atom is 0.253 e. The second kappa shape index (κ2) is 8.78. The maximum absolute atomic E-state index is 12.8. The number of aryl methyl sites for hydroxylation is 2. The van der Waals surface area contributed by atoms with Crippen LogP contribution in [0.3, 0.4) is 0 Å². The SMILES string of the molecule is CCc1ccc(C(=O)N2CCN(c3cc(N4CCOCC4)nc(C)n3)CC2)cc1. The first kappa shape index (κ1) is 19.6. The summed E-state index contributed by atoms with van der Waals surface area (Å²) in [5.41, 5.74) is 2.02. The van der Waals surface area contributed by atoms with E-state index in [1.807, 2.05) is 36.1 Å². The van der Waals surface area contributed by atoms with Crippen molar-refractivity contribution in [3.8, 4) is 0 Å². The Morgan fingerprint density at radius 3 is 2.10 bits per heavy atom. The summed E-state index contributed by atoms with van der Waals surface area (Å²) < 4.78 is 5.45. The molecule has 3 heterocycles. The van der Waals surface area contributed by atoms with E-state index < -0.39 is 0 Å². The van der Waals surface area contributed by atoms with E-state index in [0.717, 1.165) is 68.8 Å². The van der Waals surface area contributed by atoms with Gasteiger partial charge in [0, 0.05) is 50.9 Å². The van der Waals surface area contributed by atoms with Crippen LogP contribution in [0.4, 0.5) is 11.6 Å². The molecule has 2 saturated heterocycles. The second-order valence-electron chi connectivity index (χ2n) is 7.56. The van der Waals surface area contributed by atoms with Crippen molar-refractivity contribution in [1.82, 2.24) is 14.9 Å². The Kier molecular flexibility index (Phi) is 5.94. The first-order valence-electron chi connectivity index (χ1n) is 10.5. The van der Waals surface area contributed by atoms with E-state index >= 15 is 0 Å². The van der Waals surface area contributed by atoms with Crippen molar-refractivity contribution >= 4 is 17.5 Å². The Labute approximate surface area is 172 Å². The average molecular weight is 396 g/mol. The molecule has 1 amide bonds. The zero-order chi connectivity index (χ0) is 20.2. The Morgan fingerprint density at radius 2 is 1.52 bits per heavy atom. The van der Waals surface area contributed by atoms with Gasteiger partial charge in [0.15, 0.2) is 0 Å².